The molecule has 0 amide bonds. The number of para-hydroxylation sites is 1. The summed E-state index contributed by atoms with van der Waals surface area (Å²) in [6.07, 6.45) is 0.929. The smallest absolute Gasteiger partial charge is 0.166 e. The summed E-state index contributed by atoms with van der Waals surface area (Å²) in [5, 5.41) is 9.57. The number of carbonyl (C=O) groups excluding carboxylic acids is 1. The lowest BCUT2D eigenvalue weighted by molar-refractivity contribution is -0.123. The van der Waals surface area contributed by atoms with Crippen molar-refractivity contribution >= 4 is 5.78 Å². The van der Waals surface area contributed by atoms with Crippen molar-refractivity contribution in [3.05, 3.63) is 23.8 Å². The molecule has 0 aromatic heterocycles. The van der Waals surface area contributed by atoms with E-state index in [1.807, 2.05) is 18.2 Å². The first-order chi connectivity index (χ1) is 8.71. The fraction of sp³-hybridized carbons (Fsp3) is 0.429. The summed E-state index contributed by atoms with van der Waals surface area (Å²) >= 11 is 0. The van der Waals surface area contributed by atoms with Crippen LogP contribution in [0.15, 0.2) is 18.2 Å². The van der Waals surface area contributed by atoms with Crippen LogP contribution in [0.5, 0.6) is 11.5 Å². The summed E-state index contributed by atoms with van der Waals surface area (Å²) in [5.41, 5.74) is 0.180. The van der Waals surface area contributed by atoms with Gasteiger partial charge in [-0.05, 0) is 12.5 Å². The molecule has 0 N–H and O–H groups in total. The van der Waals surface area contributed by atoms with Gasteiger partial charge in [-0.2, -0.15) is 5.26 Å². The molecule has 1 aliphatic heterocycles. The minimum absolute atomic E-state index is 0.164. The van der Waals surface area contributed by atoms with E-state index in [4.69, 9.17) is 9.47 Å². The molecule has 0 unspecified atom stereocenters. The summed E-state index contributed by atoms with van der Waals surface area (Å²) in [5.74, 6) is 1.42. The highest BCUT2D eigenvalue weighted by Crippen LogP contribution is 2.52. The van der Waals surface area contributed by atoms with Gasteiger partial charge in [0.2, 0.25) is 0 Å². The molecule has 1 fully saturated rings. The summed E-state index contributed by atoms with van der Waals surface area (Å²) in [7, 11) is 1.57. The molecule has 4 nitrogen and oxygen atoms in total. The first-order valence-corrected chi connectivity index (χ1v) is 5.98. The molecule has 1 aromatic carbocycles. The van der Waals surface area contributed by atoms with Crippen LogP contribution in [0.3, 0.4) is 0 Å². The second kappa shape index (κ2) is 3.74. The van der Waals surface area contributed by atoms with Crippen molar-refractivity contribution in [3.63, 3.8) is 0 Å². The van der Waals surface area contributed by atoms with E-state index in [9.17, 15) is 10.1 Å². The Labute approximate surface area is 105 Å². The normalized spacial score (nSPS) is 28.9. The number of Topliss-reactive ketones (excluding diaryl/α,β-unsaturated/α-hetero) is 1. The zero-order valence-corrected chi connectivity index (χ0v) is 10.1. The average Bonchev–Trinajstić information content (AvgIpc) is 2.72. The fourth-order valence-electron chi connectivity index (χ4n) is 2.91. The van der Waals surface area contributed by atoms with Crippen LogP contribution in [0.25, 0.3) is 0 Å². The van der Waals surface area contributed by atoms with E-state index >= 15 is 0 Å². The summed E-state index contributed by atoms with van der Waals surface area (Å²) < 4.78 is 11.1. The van der Waals surface area contributed by atoms with Crippen molar-refractivity contribution in [3.8, 4) is 17.6 Å². The predicted molar refractivity (Wildman–Crippen MR) is 63.6 cm³/mol. The van der Waals surface area contributed by atoms with E-state index in [0.29, 0.717) is 30.8 Å². The third-order valence-electron chi connectivity index (χ3n) is 3.90. The average molecular weight is 243 g/mol. The minimum Gasteiger partial charge on any atom is -0.493 e. The molecule has 1 heterocycles. The highest BCUT2D eigenvalue weighted by Gasteiger charge is 2.53. The zero-order valence-electron chi connectivity index (χ0n) is 10.1. The number of ketones is 1. The van der Waals surface area contributed by atoms with E-state index in [2.05, 4.69) is 6.07 Å². The number of ether oxygens (including phenoxy) is 2. The van der Waals surface area contributed by atoms with E-state index in [1.54, 1.807) is 7.11 Å². The molecule has 0 saturated heterocycles. The second-order valence-electron chi connectivity index (χ2n) is 4.77. The number of nitrogens with zero attached hydrogens (tertiary/aromatic N) is 1. The predicted octanol–water partition coefficient (Wildman–Crippen LogP) is 1.97. The Morgan fingerprint density at radius 3 is 3.11 bits per heavy atom. The van der Waals surface area contributed by atoms with Crippen LogP contribution in [0.2, 0.25) is 0 Å². The Morgan fingerprint density at radius 2 is 2.39 bits per heavy atom. The van der Waals surface area contributed by atoms with Gasteiger partial charge in [-0.15, -0.1) is 0 Å². The molecule has 1 aromatic rings. The van der Waals surface area contributed by atoms with Crippen LogP contribution in [0, 0.1) is 11.3 Å². The molecule has 0 bridgehead atoms. The Kier molecular flexibility index (Phi) is 2.30. The maximum absolute atomic E-state index is 11.5. The van der Waals surface area contributed by atoms with Gasteiger partial charge >= 0.3 is 0 Å². The molecular formula is C14H13NO3. The third-order valence-corrected chi connectivity index (χ3v) is 3.90. The van der Waals surface area contributed by atoms with Gasteiger partial charge in [-0.1, -0.05) is 12.1 Å². The second-order valence-corrected chi connectivity index (χ2v) is 4.77. The minimum atomic E-state index is -0.683. The number of methoxy groups -OCH3 is 1. The number of nitriles is 1. The number of rotatable bonds is 1. The highest BCUT2D eigenvalue weighted by molar-refractivity contribution is 5.81. The molecule has 1 saturated carbocycles. The lowest BCUT2D eigenvalue weighted by Gasteiger charge is -2.30. The first-order valence-electron chi connectivity index (χ1n) is 5.98. The van der Waals surface area contributed by atoms with Gasteiger partial charge in [-0.3, -0.25) is 4.79 Å². The Balaban J connectivity index is 2.15. The van der Waals surface area contributed by atoms with Crippen LogP contribution >= 0.6 is 0 Å². The van der Waals surface area contributed by atoms with E-state index in [-0.39, 0.29) is 11.9 Å². The van der Waals surface area contributed by atoms with E-state index < -0.39 is 5.41 Å². The zero-order chi connectivity index (χ0) is 12.8. The first kappa shape index (κ1) is 11.1. The van der Waals surface area contributed by atoms with Gasteiger partial charge in [0.25, 0.3) is 0 Å². The maximum atomic E-state index is 11.5. The third kappa shape index (κ3) is 1.28. The van der Waals surface area contributed by atoms with Crippen molar-refractivity contribution < 1.29 is 14.3 Å². The molecule has 2 aliphatic rings. The van der Waals surface area contributed by atoms with Gasteiger partial charge in [0, 0.05) is 18.4 Å². The van der Waals surface area contributed by atoms with Gasteiger partial charge in [0.05, 0.1) is 13.2 Å². The molecule has 0 radical (unpaired) electrons. The highest BCUT2D eigenvalue weighted by atomic mass is 16.5. The Hall–Kier alpha value is -2.02. The van der Waals surface area contributed by atoms with Gasteiger partial charge in [0.1, 0.15) is 17.3 Å². The SMILES string of the molecule is COc1cccc2c1O[C@H]1CC(=O)CC[C@@]21C#N. The largest absolute Gasteiger partial charge is 0.493 e. The Bertz CT molecular complexity index is 561. The van der Waals surface area contributed by atoms with Crippen LogP contribution in [-0.4, -0.2) is 19.0 Å². The van der Waals surface area contributed by atoms with Gasteiger partial charge < -0.3 is 9.47 Å². The molecule has 2 atom stereocenters. The van der Waals surface area contributed by atoms with Crippen LogP contribution in [0.1, 0.15) is 24.8 Å². The van der Waals surface area contributed by atoms with Crippen LogP contribution in [0.4, 0.5) is 0 Å². The number of hydrogen-bond acceptors (Lipinski definition) is 4. The van der Waals surface area contributed by atoms with Crippen molar-refractivity contribution in [1.29, 1.82) is 5.26 Å². The molecule has 1 aliphatic carbocycles. The molecule has 92 valence electrons. The van der Waals surface area contributed by atoms with E-state index in [1.165, 1.54) is 0 Å². The molecule has 0 spiro atoms. The summed E-state index contributed by atoms with van der Waals surface area (Å²) in [6, 6.07) is 7.94. The van der Waals surface area contributed by atoms with E-state index in [0.717, 1.165) is 5.56 Å². The standard InChI is InChI=1S/C14H13NO3/c1-17-11-4-2-3-10-13(11)18-12-7-9(16)5-6-14(10,12)8-15/h2-4,12H,5-7H2,1H3/t12-,14+/m0/s1. The number of fused-ring (bicyclic) bond motifs is 3. The lowest BCUT2D eigenvalue weighted by atomic mass is 9.69. The summed E-state index contributed by atoms with van der Waals surface area (Å²) in [4.78, 5) is 11.5. The van der Waals surface area contributed by atoms with Crippen molar-refractivity contribution in [2.24, 2.45) is 0 Å². The number of benzene rings is 1. The van der Waals surface area contributed by atoms with Crippen molar-refractivity contribution in [1.82, 2.24) is 0 Å². The lowest BCUT2D eigenvalue weighted by Crippen LogP contribution is -2.42. The quantitative estimate of drug-likeness (QED) is 0.756. The summed E-state index contributed by atoms with van der Waals surface area (Å²) in [6.45, 7) is 0. The van der Waals surface area contributed by atoms with Crippen LogP contribution in [-0.2, 0) is 10.2 Å². The van der Waals surface area contributed by atoms with Crippen LogP contribution < -0.4 is 9.47 Å². The molecule has 18 heavy (non-hydrogen) atoms. The van der Waals surface area contributed by atoms with Crippen molar-refractivity contribution in [2.75, 3.05) is 7.11 Å². The molecule has 3 rings (SSSR count). The molecular weight excluding hydrogens is 230 g/mol. The fourth-order valence-corrected chi connectivity index (χ4v) is 2.91. The molecule has 4 heteroatoms. The number of hydrogen-bond donors (Lipinski definition) is 0. The number of carbonyl (C=O) groups is 1. The van der Waals surface area contributed by atoms with Crippen molar-refractivity contribution in [2.45, 2.75) is 30.8 Å². The Morgan fingerprint density at radius 1 is 1.56 bits per heavy atom. The van der Waals surface area contributed by atoms with Gasteiger partial charge in [-0.25, -0.2) is 0 Å². The van der Waals surface area contributed by atoms with Gasteiger partial charge in [0.15, 0.2) is 11.5 Å². The monoisotopic (exact) mass is 243 g/mol. The topological polar surface area (TPSA) is 59.3 Å². The maximum Gasteiger partial charge on any atom is 0.166 e.